The van der Waals surface area contributed by atoms with Crippen molar-refractivity contribution in [2.45, 2.75) is 51.5 Å². The van der Waals surface area contributed by atoms with E-state index in [2.05, 4.69) is 20.5 Å². The number of pyridine rings is 1. The standard InChI is InChI=1S/C43H43Cl2F2N11O4/c1-24-16-26(18-32(36(24)45)57-12-7-35(59)52-41(57)62)40(61)55-14-9-42(10-15-55)8-13-54(23-43(42,46)47)22-25-17-29(44)37(50-20-25)28-4-3-5-31-27(28)6-11-56(31)34-19-30(49-2)39-51-21-33(38(48)60)58(39)53-34/h3-5,16-21,49H,6-15,22-23H2,1-2H3,(H2,48,60)(H,52,59,62). The minimum Gasteiger partial charge on any atom is -0.385 e. The number of nitrogens with one attached hydrogen (secondary N) is 2. The molecular weight excluding hydrogens is 843 g/mol. The normalized spacial score (nSPS) is 18.6. The number of nitrogens with zero attached hydrogens (tertiary/aromatic N) is 8. The van der Waals surface area contributed by atoms with Crippen molar-refractivity contribution in [3.8, 4) is 11.3 Å². The summed E-state index contributed by atoms with van der Waals surface area (Å²) in [5.74, 6) is -3.77. The summed E-state index contributed by atoms with van der Waals surface area (Å²) in [5.41, 5.74) is 11.0. The van der Waals surface area contributed by atoms with Gasteiger partial charge in [-0.3, -0.25) is 34.5 Å². The summed E-state index contributed by atoms with van der Waals surface area (Å²) in [6.07, 6.45) is 4.43. The molecule has 3 aromatic heterocycles. The van der Waals surface area contributed by atoms with Crippen LogP contribution in [-0.2, 0) is 17.8 Å². The lowest BCUT2D eigenvalue weighted by atomic mass is 9.68. The highest BCUT2D eigenvalue weighted by atomic mass is 35.5. The molecule has 4 N–H and O–H groups in total. The van der Waals surface area contributed by atoms with Gasteiger partial charge in [-0.05, 0) is 80.1 Å². The number of hydrogen-bond donors (Lipinski definition) is 3. The number of anilines is 4. The number of urea groups is 1. The zero-order valence-electron chi connectivity index (χ0n) is 34.0. The van der Waals surface area contributed by atoms with Crippen LogP contribution in [0.5, 0.6) is 0 Å². The van der Waals surface area contributed by atoms with Gasteiger partial charge in [-0.2, -0.15) is 0 Å². The van der Waals surface area contributed by atoms with E-state index >= 15 is 8.78 Å². The van der Waals surface area contributed by atoms with E-state index < -0.39 is 29.8 Å². The number of benzene rings is 2. The van der Waals surface area contributed by atoms with Crippen LogP contribution in [0.25, 0.3) is 16.9 Å². The maximum Gasteiger partial charge on any atom is 0.328 e. The van der Waals surface area contributed by atoms with Crippen molar-refractivity contribution in [1.82, 2.24) is 34.7 Å². The van der Waals surface area contributed by atoms with E-state index in [-0.39, 0.29) is 69.4 Å². The second-order valence-corrected chi connectivity index (χ2v) is 17.2. The number of halogens is 4. The number of carbonyl (C=O) groups excluding carboxylic acids is 4. The molecule has 0 aliphatic carbocycles. The van der Waals surface area contributed by atoms with Gasteiger partial charge in [0.05, 0.1) is 39.9 Å². The number of amides is 5. The van der Waals surface area contributed by atoms with E-state index in [9.17, 15) is 19.2 Å². The van der Waals surface area contributed by atoms with Gasteiger partial charge in [0.2, 0.25) is 5.91 Å². The summed E-state index contributed by atoms with van der Waals surface area (Å²) in [4.78, 5) is 65.9. The molecule has 5 amide bonds. The Morgan fingerprint density at radius 3 is 2.40 bits per heavy atom. The van der Waals surface area contributed by atoms with Crippen molar-refractivity contribution < 1.29 is 28.0 Å². The molecule has 0 unspecified atom stereocenters. The van der Waals surface area contributed by atoms with Gasteiger partial charge >= 0.3 is 6.03 Å². The third kappa shape index (κ3) is 7.14. The predicted molar refractivity (Wildman–Crippen MR) is 231 cm³/mol. The Bertz CT molecular complexity index is 2690. The van der Waals surface area contributed by atoms with Crippen LogP contribution in [0.3, 0.4) is 0 Å². The number of imidazole rings is 1. The Morgan fingerprint density at radius 2 is 1.69 bits per heavy atom. The smallest absolute Gasteiger partial charge is 0.328 e. The maximum atomic E-state index is 16.3. The topological polar surface area (TPSA) is 174 Å². The number of likely N-dealkylation sites (tertiary alicyclic amines) is 2. The third-order valence-electron chi connectivity index (χ3n) is 12.8. The lowest BCUT2D eigenvalue weighted by Gasteiger charge is -2.51. The molecule has 0 bridgehead atoms. The fraction of sp³-hybridized carbons (Fsp3) is 0.372. The second-order valence-electron chi connectivity index (χ2n) is 16.4. The average molecular weight is 887 g/mol. The lowest BCUT2D eigenvalue weighted by Crippen LogP contribution is -2.59. The van der Waals surface area contributed by atoms with Gasteiger partial charge < -0.3 is 20.9 Å². The Labute approximate surface area is 365 Å². The second kappa shape index (κ2) is 15.8. The van der Waals surface area contributed by atoms with Crippen molar-refractivity contribution in [3.05, 3.63) is 92.9 Å². The summed E-state index contributed by atoms with van der Waals surface area (Å²) in [6.45, 7) is 3.04. The van der Waals surface area contributed by atoms with Crippen LogP contribution >= 0.6 is 23.2 Å². The molecule has 7 heterocycles. The molecule has 0 atom stereocenters. The van der Waals surface area contributed by atoms with Crippen molar-refractivity contribution in [1.29, 1.82) is 0 Å². The first kappa shape index (κ1) is 41.4. The van der Waals surface area contributed by atoms with Crippen LogP contribution in [0.4, 0.5) is 36.5 Å². The molecule has 4 aliphatic heterocycles. The first-order valence-electron chi connectivity index (χ1n) is 20.4. The highest BCUT2D eigenvalue weighted by Crippen LogP contribution is 2.51. The maximum absolute atomic E-state index is 16.3. The number of hydrogen-bond acceptors (Lipinski definition) is 10. The first-order chi connectivity index (χ1) is 29.7. The number of piperidine rings is 2. The van der Waals surface area contributed by atoms with E-state index in [1.54, 1.807) is 42.1 Å². The van der Waals surface area contributed by atoms with Crippen LogP contribution in [0, 0.1) is 12.3 Å². The number of fused-ring (bicyclic) bond motifs is 2. The van der Waals surface area contributed by atoms with Gasteiger partial charge in [-0.1, -0.05) is 35.3 Å². The van der Waals surface area contributed by atoms with Crippen molar-refractivity contribution in [2.24, 2.45) is 11.1 Å². The minimum atomic E-state index is -3.01. The van der Waals surface area contributed by atoms with Crippen LogP contribution in [0.2, 0.25) is 10.0 Å². The van der Waals surface area contributed by atoms with E-state index in [1.807, 2.05) is 24.3 Å². The van der Waals surface area contributed by atoms with Crippen LogP contribution in [-0.4, -0.2) is 105 Å². The number of aryl methyl sites for hydroxylation is 1. The molecule has 322 valence electrons. The molecular formula is C43H43Cl2F2N11O4. The number of alkyl halides is 2. The van der Waals surface area contributed by atoms with Gasteiger partial charge in [0, 0.05) is 80.7 Å². The lowest BCUT2D eigenvalue weighted by molar-refractivity contribution is -0.186. The highest BCUT2D eigenvalue weighted by Gasteiger charge is 2.57. The zero-order valence-corrected chi connectivity index (χ0v) is 35.5. The number of imide groups is 1. The predicted octanol–water partition coefficient (Wildman–Crippen LogP) is 6.45. The van der Waals surface area contributed by atoms with Gasteiger partial charge in [-0.25, -0.2) is 23.1 Å². The van der Waals surface area contributed by atoms with Crippen LogP contribution in [0.15, 0.2) is 54.9 Å². The Morgan fingerprint density at radius 1 is 0.935 bits per heavy atom. The summed E-state index contributed by atoms with van der Waals surface area (Å²) >= 11 is 13.5. The molecule has 0 radical (unpaired) electrons. The quantitative estimate of drug-likeness (QED) is 0.157. The molecule has 0 saturated carbocycles. The number of aromatic nitrogens is 4. The molecule has 3 saturated heterocycles. The molecule has 4 aliphatic rings. The largest absolute Gasteiger partial charge is 0.385 e. The van der Waals surface area contributed by atoms with Crippen LogP contribution in [0.1, 0.15) is 63.2 Å². The summed E-state index contributed by atoms with van der Waals surface area (Å²) in [7, 11) is 1.77. The van der Waals surface area contributed by atoms with Crippen molar-refractivity contribution in [2.75, 3.05) is 61.4 Å². The van der Waals surface area contributed by atoms with Crippen LogP contribution < -0.4 is 26.2 Å². The zero-order chi connectivity index (χ0) is 43.7. The molecule has 62 heavy (non-hydrogen) atoms. The third-order valence-corrected chi connectivity index (χ3v) is 13.6. The van der Waals surface area contributed by atoms with Gasteiger partial charge in [-0.15, -0.1) is 5.10 Å². The molecule has 1 spiro atoms. The summed E-state index contributed by atoms with van der Waals surface area (Å²) in [5, 5.41) is 10.8. The van der Waals surface area contributed by atoms with Gasteiger partial charge in [0.1, 0.15) is 5.69 Å². The van der Waals surface area contributed by atoms with E-state index in [0.717, 1.165) is 16.8 Å². The molecule has 5 aromatic rings. The summed E-state index contributed by atoms with van der Waals surface area (Å²) < 4.78 is 34.0. The molecule has 2 aromatic carbocycles. The first-order valence-corrected chi connectivity index (χ1v) is 21.1. The number of carbonyl (C=O) groups is 4. The minimum absolute atomic E-state index is 0.0967. The van der Waals surface area contributed by atoms with Crippen molar-refractivity contribution in [3.63, 3.8) is 0 Å². The average Bonchev–Trinajstić information content (AvgIpc) is 3.89. The molecule has 9 rings (SSSR count). The van der Waals surface area contributed by atoms with E-state index in [1.165, 1.54) is 21.7 Å². The summed E-state index contributed by atoms with van der Waals surface area (Å²) in [6, 6.07) is 12.1. The number of nitrogens with two attached hydrogens (primary N) is 1. The van der Waals surface area contributed by atoms with Gasteiger partial charge in [0.15, 0.2) is 11.5 Å². The fourth-order valence-electron chi connectivity index (χ4n) is 9.37. The van der Waals surface area contributed by atoms with E-state index in [0.29, 0.717) is 74.8 Å². The fourth-order valence-corrected chi connectivity index (χ4v) is 9.87. The number of rotatable bonds is 8. The Balaban J connectivity index is 0.860. The Kier molecular flexibility index (Phi) is 10.5. The van der Waals surface area contributed by atoms with E-state index in [4.69, 9.17) is 39.0 Å². The number of primary amides is 1. The van der Waals surface area contributed by atoms with Crippen molar-refractivity contribution >= 4 is 75.5 Å². The SMILES string of the molecule is CNc1cc(N2CCc3c(-c4ncc(CN5CCC6(CCN(C(=O)c7cc(C)c(Cl)c(N8CCC(=O)NC8=O)c7)CC6)C(F)(F)C5)cc4Cl)cccc32)nn2c(C(N)=O)cnc12. The molecule has 3 fully saturated rings. The monoisotopic (exact) mass is 885 g/mol. The van der Waals surface area contributed by atoms with Gasteiger partial charge in [0.25, 0.3) is 17.7 Å². The molecule has 19 heteroatoms. The highest BCUT2D eigenvalue weighted by molar-refractivity contribution is 6.35. The molecule has 15 nitrogen and oxygen atoms in total. The Hall–Kier alpha value is -5.91.